The van der Waals surface area contributed by atoms with Crippen LogP contribution in [0.2, 0.25) is 0 Å². The molecule has 0 saturated heterocycles. The summed E-state index contributed by atoms with van der Waals surface area (Å²) in [6.45, 7) is 4.01. The first-order chi connectivity index (χ1) is 9.90. The minimum Gasteiger partial charge on any atom is -0.366 e. The largest absolute Gasteiger partial charge is 0.366 e. The maximum atomic E-state index is 12.4. The second-order valence-corrected chi connectivity index (χ2v) is 6.16. The van der Waals surface area contributed by atoms with E-state index in [1.807, 2.05) is 26.0 Å². The summed E-state index contributed by atoms with van der Waals surface area (Å²) in [6, 6.07) is 7.06. The van der Waals surface area contributed by atoms with Crippen LogP contribution in [0.15, 0.2) is 30.5 Å². The molecule has 5 nitrogen and oxygen atoms in total. The van der Waals surface area contributed by atoms with Gasteiger partial charge in [-0.3, -0.25) is 14.6 Å². The van der Waals surface area contributed by atoms with E-state index in [-0.39, 0.29) is 17.5 Å². The number of carbonyl (C=O) groups excluding carboxylic acids is 2. The Bertz CT molecular complexity index is 664. The van der Waals surface area contributed by atoms with Gasteiger partial charge in [-0.2, -0.15) is 0 Å². The van der Waals surface area contributed by atoms with Crippen molar-refractivity contribution in [2.45, 2.75) is 19.9 Å². The molecule has 2 aromatic heterocycles. The third-order valence-corrected chi connectivity index (χ3v) is 4.51. The van der Waals surface area contributed by atoms with Gasteiger partial charge in [0.25, 0.3) is 5.91 Å². The average Bonchev–Trinajstić information content (AvgIpc) is 2.91. The number of nitrogens with two attached hydrogens (primary N) is 1. The molecule has 1 unspecified atom stereocenters. The summed E-state index contributed by atoms with van der Waals surface area (Å²) in [5.74, 6) is -0.748. The van der Waals surface area contributed by atoms with Crippen LogP contribution in [-0.4, -0.2) is 28.7 Å². The number of carbonyl (C=O) groups is 2. The number of nitrogens with zero attached hydrogens (tertiary/aromatic N) is 2. The molecule has 2 heterocycles. The van der Waals surface area contributed by atoms with Crippen LogP contribution >= 0.6 is 11.3 Å². The fourth-order valence-corrected chi connectivity index (χ4v) is 2.86. The van der Waals surface area contributed by atoms with E-state index in [1.165, 1.54) is 23.2 Å². The van der Waals surface area contributed by atoms with Gasteiger partial charge >= 0.3 is 0 Å². The van der Waals surface area contributed by atoms with Gasteiger partial charge in [-0.25, -0.2) is 0 Å². The zero-order chi connectivity index (χ0) is 15.6. The minimum atomic E-state index is -0.558. The molecule has 0 fully saturated rings. The van der Waals surface area contributed by atoms with Crippen LogP contribution in [0.4, 0.5) is 0 Å². The molecule has 0 aliphatic carbocycles. The highest BCUT2D eigenvalue weighted by Crippen LogP contribution is 2.27. The summed E-state index contributed by atoms with van der Waals surface area (Å²) < 4.78 is 0. The van der Waals surface area contributed by atoms with E-state index in [0.717, 1.165) is 4.88 Å². The number of amides is 2. The van der Waals surface area contributed by atoms with Gasteiger partial charge in [-0.05, 0) is 38.1 Å². The Morgan fingerprint density at radius 2 is 2.00 bits per heavy atom. The zero-order valence-corrected chi connectivity index (χ0v) is 13.0. The molecule has 0 bridgehead atoms. The summed E-state index contributed by atoms with van der Waals surface area (Å²) in [7, 11) is 1.74. The third kappa shape index (κ3) is 3.28. The standard InChI is InChI=1S/C15H17N3O2S/c1-9-4-7-13(21-9)10(2)18(3)15(20)12-6-5-11(8-17-12)14(16)19/h4-8,10H,1-3H3,(H2,16,19). The second-order valence-electron chi connectivity index (χ2n) is 4.84. The van der Waals surface area contributed by atoms with Gasteiger partial charge in [0.05, 0.1) is 11.6 Å². The lowest BCUT2D eigenvalue weighted by Crippen LogP contribution is -2.30. The second kappa shape index (κ2) is 6.05. The molecule has 0 radical (unpaired) electrons. The first kappa shape index (κ1) is 15.2. The molecule has 21 heavy (non-hydrogen) atoms. The van der Waals surface area contributed by atoms with E-state index in [2.05, 4.69) is 4.98 Å². The normalized spacial score (nSPS) is 12.0. The Morgan fingerprint density at radius 1 is 1.29 bits per heavy atom. The van der Waals surface area contributed by atoms with Crippen LogP contribution in [0.25, 0.3) is 0 Å². The van der Waals surface area contributed by atoms with Gasteiger partial charge in [0.2, 0.25) is 5.91 Å². The number of hydrogen-bond acceptors (Lipinski definition) is 4. The van der Waals surface area contributed by atoms with Crippen LogP contribution in [0.5, 0.6) is 0 Å². The minimum absolute atomic E-state index is 0.0335. The highest BCUT2D eigenvalue weighted by molar-refractivity contribution is 7.12. The van der Waals surface area contributed by atoms with Crippen molar-refractivity contribution in [2.24, 2.45) is 5.73 Å². The van der Waals surface area contributed by atoms with E-state index >= 15 is 0 Å². The highest BCUT2D eigenvalue weighted by Gasteiger charge is 2.21. The summed E-state index contributed by atoms with van der Waals surface area (Å²) in [5, 5.41) is 0. The van der Waals surface area contributed by atoms with Gasteiger partial charge in [0, 0.05) is 23.0 Å². The predicted molar refractivity (Wildman–Crippen MR) is 82.3 cm³/mol. The molecule has 6 heteroatoms. The Morgan fingerprint density at radius 3 is 2.48 bits per heavy atom. The van der Waals surface area contributed by atoms with Crippen molar-refractivity contribution in [2.75, 3.05) is 7.05 Å². The van der Waals surface area contributed by atoms with E-state index in [9.17, 15) is 9.59 Å². The average molecular weight is 303 g/mol. The zero-order valence-electron chi connectivity index (χ0n) is 12.2. The lowest BCUT2D eigenvalue weighted by Gasteiger charge is -2.23. The Labute approximate surface area is 127 Å². The van der Waals surface area contributed by atoms with Gasteiger partial charge in [0.15, 0.2) is 0 Å². The summed E-state index contributed by atoms with van der Waals surface area (Å²) in [4.78, 5) is 31.4. The SMILES string of the molecule is Cc1ccc(C(C)N(C)C(=O)c2ccc(C(N)=O)cn2)s1. The molecular formula is C15H17N3O2S. The smallest absolute Gasteiger partial charge is 0.272 e. The third-order valence-electron chi connectivity index (χ3n) is 3.34. The van der Waals surface area contributed by atoms with Crippen LogP contribution in [-0.2, 0) is 0 Å². The van der Waals surface area contributed by atoms with Crippen molar-refractivity contribution in [3.8, 4) is 0 Å². The molecule has 2 amide bonds. The fourth-order valence-electron chi connectivity index (χ4n) is 1.89. The predicted octanol–water partition coefficient (Wildman–Crippen LogP) is 2.38. The molecule has 0 aliphatic rings. The molecule has 2 aromatic rings. The number of rotatable bonds is 4. The summed E-state index contributed by atoms with van der Waals surface area (Å²) in [5.41, 5.74) is 5.74. The number of aryl methyl sites for hydroxylation is 1. The van der Waals surface area contributed by atoms with Crippen LogP contribution < -0.4 is 5.73 Å². The van der Waals surface area contributed by atoms with Crippen molar-refractivity contribution in [3.05, 3.63) is 51.5 Å². The fraction of sp³-hybridized carbons (Fsp3) is 0.267. The van der Waals surface area contributed by atoms with E-state index in [0.29, 0.717) is 5.69 Å². The van der Waals surface area contributed by atoms with Crippen LogP contribution in [0.1, 0.15) is 43.6 Å². The molecular weight excluding hydrogens is 286 g/mol. The topological polar surface area (TPSA) is 76.3 Å². The van der Waals surface area contributed by atoms with Crippen molar-refractivity contribution in [1.82, 2.24) is 9.88 Å². The highest BCUT2D eigenvalue weighted by atomic mass is 32.1. The lowest BCUT2D eigenvalue weighted by atomic mass is 10.2. The van der Waals surface area contributed by atoms with E-state index in [1.54, 1.807) is 23.3 Å². The Balaban J connectivity index is 2.16. The Hall–Kier alpha value is -2.21. The van der Waals surface area contributed by atoms with Crippen molar-refractivity contribution >= 4 is 23.2 Å². The number of hydrogen-bond donors (Lipinski definition) is 1. The summed E-state index contributed by atoms with van der Waals surface area (Å²) in [6.07, 6.45) is 1.32. The molecule has 0 aromatic carbocycles. The lowest BCUT2D eigenvalue weighted by molar-refractivity contribution is 0.0738. The number of pyridine rings is 1. The first-order valence-electron chi connectivity index (χ1n) is 6.49. The van der Waals surface area contributed by atoms with Gasteiger partial charge in [-0.1, -0.05) is 0 Å². The van der Waals surface area contributed by atoms with Gasteiger partial charge in [0.1, 0.15) is 5.69 Å². The maximum absolute atomic E-state index is 12.4. The molecule has 0 saturated carbocycles. The molecule has 110 valence electrons. The first-order valence-corrected chi connectivity index (χ1v) is 7.31. The van der Waals surface area contributed by atoms with E-state index < -0.39 is 5.91 Å². The number of primary amides is 1. The Kier molecular flexibility index (Phi) is 4.37. The quantitative estimate of drug-likeness (QED) is 0.942. The molecule has 2 N–H and O–H groups in total. The van der Waals surface area contributed by atoms with Gasteiger partial charge in [-0.15, -0.1) is 11.3 Å². The number of aromatic nitrogens is 1. The molecule has 1 atom stereocenters. The summed E-state index contributed by atoms with van der Waals surface area (Å²) >= 11 is 1.67. The van der Waals surface area contributed by atoms with Crippen molar-refractivity contribution in [1.29, 1.82) is 0 Å². The monoisotopic (exact) mass is 303 g/mol. The van der Waals surface area contributed by atoms with Crippen LogP contribution in [0, 0.1) is 6.92 Å². The van der Waals surface area contributed by atoms with Gasteiger partial charge < -0.3 is 10.6 Å². The van der Waals surface area contributed by atoms with E-state index in [4.69, 9.17) is 5.73 Å². The molecule has 0 spiro atoms. The molecule has 2 rings (SSSR count). The van der Waals surface area contributed by atoms with Crippen molar-refractivity contribution in [3.63, 3.8) is 0 Å². The van der Waals surface area contributed by atoms with Crippen LogP contribution in [0.3, 0.4) is 0 Å². The number of thiophene rings is 1. The molecule has 0 aliphatic heterocycles. The van der Waals surface area contributed by atoms with Crippen molar-refractivity contribution < 1.29 is 9.59 Å². The maximum Gasteiger partial charge on any atom is 0.272 e.